The second-order valence-electron chi connectivity index (χ2n) is 13.9. The van der Waals surface area contributed by atoms with E-state index in [0.717, 1.165) is 38.9 Å². The van der Waals surface area contributed by atoms with Crippen molar-refractivity contribution in [2.75, 3.05) is 0 Å². The molecule has 0 aliphatic rings. The van der Waals surface area contributed by atoms with Gasteiger partial charge in [0.25, 0.3) is 0 Å². The number of H-pyrrole nitrogens is 1. The van der Waals surface area contributed by atoms with Crippen molar-refractivity contribution in [2.24, 2.45) is 34.4 Å². The maximum atomic E-state index is 9.89. The topological polar surface area (TPSA) is 335 Å². The quantitative estimate of drug-likeness (QED) is 0.0369. The van der Waals surface area contributed by atoms with Gasteiger partial charge in [-0.3, -0.25) is 32.5 Å². The Bertz CT molecular complexity index is 2780. The Hall–Kier alpha value is -9.04. The van der Waals surface area contributed by atoms with Crippen molar-refractivity contribution >= 4 is 70.2 Å². The number of benzene rings is 6. The number of nitrogens with one attached hydrogen (secondary N) is 7. The summed E-state index contributed by atoms with van der Waals surface area (Å²) in [6, 6.07) is 42.2. The molecule has 7 rings (SSSR count). The van der Waals surface area contributed by atoms with Crippen LogP contribution >= 0.6 is 0 Å². The number of nitrogens with two attached hydrogens (primary N) is 6. The normalized spacial score (nSPS) is 10.6. The van der Waals surface area contributed by atoms with E-state index >= 15 is 0 Å². The van der Waals surface area contributed by atoms with Crippen molar-refractivity contribution in [1.82, 2.24) is 4.98 Å². The van der Waals surface area contributed by atoms with Crippen LogP contribution in [0.25, 0.3) is 46.5 Å². The molecule has 0 atom stereocenters. The average molecular weight is 822 g/mol. The number of aromatic hydroxyl groups is 1. The highest BCUT2D eigenvalue weighted by atomic mass is 16.3. The molecular formula is C48H47N13O. The molecule has 6 aromatic carbocycles. The Morgan fingerprint density at radius 2 is 0.726 bits per heavy atom. The van der Waals surface area contributed by atoms with Crippen LogP contribution in [0.2, 0.25) is 0 Å². The lowest BCUT2D eigenvalue weighted by atomic mass is 10.1. The maximum absolute atomic E-state index is 9.89. The molecular weight excluding hydrogens is 775 g/mol. The van der Waals surface area contributed by atoms with E-state index in [1.807, 2.05) is 127 Å². The Balaban J connectivity index is 0.000000176. The minimum absolute atomic E-state index is 0.0306. The minimum atomic E-state index is -0.0827. The standard InChI is InChI=1S/C16H15N5.C16H16N4O.C16H16N4/c17-15(18)10-3-1-9(2-4-10)13-7-11-5-6-12(16(19)20)8-14(11)21-13;17-15(18)12-5-2-10(3-6-12)1-4-11-7-8-13(16(19)20)9-14(11)21;17-15(18)13-7-3-11(4-8-13)1-2-12-5-9-14(10-6-12)16(19)20/h1-8,21H,(H3,17,18)(H3,19,20);1-9,21H,(H3,17,18)(H3,19,20);1-10H,(H3,17,18)(H3,19,20)/b;4-1+;2-1+. The first-order chi connectivity index (χ1) is 29.6. The van der Waals surface area contributed by atoms with Gasteiger partial charge in [0.2, 0.25) is 0 Å². The second-order valence-corrected chi connectivity index (χ2v) is 13.9. The van der Waals surface area contributed by atoms with Gasteiger partial charge in [-0.25, -0.2) is 0 Å². The highest BCUT2D eigenvalue weighted by Gasteiger charge is 2.07. The summed E-state index contributed by atoms with van der Waals surface area (Å²) in [6.45, 7) is 0. The molecule has 0 aliphatic carbocycles. The van der Waals surface area contributed by atoms with E-state index in [9.17, 15) is 5.11 Å². The van der Waals surface area contributed by atoms with E-state index in [2.05, 4.69) is 4.98 Å². The fraction of sp³-hybridized carbons (Fsp3) is 0. The number of hydrogen-bond donors (Lipinski definition) is 14. The number of aromatic nitrogens is 1. The van der Waals surface area contributed by atoms with Crippen LogP contribution in [0.5, 0.6) is 5.75 Å². The van der Waals surface area contributed by atoms with Crippen molar-refractivity contribution in [2.45, 2.75) is 0 Å². The monoisotopic (exact) mass is 821 g/mol. The van der Waals surface area contributed by atoms with Gasteiger partial charge in [-0.1, -0.05) is 146 Å². The summed E-state index contributed by atoms with van der Waals surface area (Å²) < 4.78 is 0. The summed E-state index contributed by atoms with van der Waals surface area (Å²) in [5, 5.41) is 55.1. The Labute approximate surface area is 358 Å². The zero-order valence-corrected chi connectivity index (χ0v) is 33.5. The van der Waals surface area contributed by atoms with Crippen LogP contribution in [0, 0.1) is 32.5 Å². The van der Waals surface area contributed by atoms with Crippen molar-refractivity contribution in [3.63, 3.8) is 0 Å². The number of rotatable bonds is 11. The molecule has 310 valence electrons. The molecule has 1 heterocycles. The lowest BCUT2D eigenvalue weighted by Crippen LogP contribution is -2.10. The number of nitrogen functional groups attached to an aromatic ring is 6. The first kappa shape index (κ1) is 44.1. The van der Waals surface area contributed by atoms with Crippen LogP contribution in [-0.2, 0) is 0 Å². The molecule has 14 nitrogen and oxygen atoms in total. The first-order valence-corrected chi connectivity index (χ1v) is 18.9. The fourth-order valence-electron chi connectivity index (χ4n) is 5.83. The summed E-state index contributed by atoms with van der Waals surface area (Å²) in [5.41, 5.74) is 43.1. The van der Waals surface area contributed by atoms with Crippen LogP contribution in [0.4, 0.5) is 0 Å². The van der Waals surface area contributed by atoms with E-state index in [1.165, 1.54) is 6.07 Å². The maximum Gasteiger partial charge on any atom is 0.123 e. The van der Waals surface area contributed by atoms with Crippen molar-refractivity contribution in [3.8, 4) is 17.0 Å². The van der Waals surface area contributed by atoms with Gasteiger partial charge in [-0.2, -0.15) is 0 Å². The third kappa shape index (κ3) is 12.0. The molecule has 0 fully saturated rings. The van der Waals surface area contributed by atoms with Crippen LogP contribution in [0.3, 0.4) is 0 Å². The Kier molecular flexibility index (Phi) is 14.3. The minimum Gasteiger partial charge on any atom is -0.507 e. The lowest BCUT2D eigenvalue weighted by Gasteiger charge is -2.03. The molecule has 14 heteroatoms. The highest BCUT2D eigenvalue weighted by molar-refractivity contribution is 6.00. The molecule has 0 amide bonds. The van der Waals surface area contributed by atoms with Gasteiger partial charge in [0.15, 0.2) is 0 Å². The van der Waals surface area contributed by atoms with Crippen molar-refractivity contribution in [1.29, 1.82) is 32.5 Å². The third-order valence-electron chi connectivity index (χ3n) is 9.37. The summed E-state index contributed by atoms with van der Waals surface area (Å²) in [7, 11) is 0. The molecule has 62 heavy (non-hydrogen) atoms. The van der Waals surface area contributed by atoms with Gasteiger partial charge in [-0.15, -0.1) is 0 Å². The smallest absolute Gasteiger partial charge is 0.123 e. The molecule has 0 saturated carbocycles. The van der Waals surface area contributed by atoms with Gasteiger partial charge in [0.05, 0.1) is 0 Å². The molecule has 1 aromatic heterocycles. The SMILES string of the molecule is N=C(N)c1ccc(-c2cc3ccc(C(=N)N)cc3[nH]2)cc1.N=C(N)c1ccc(/C=C/c2ccc(C(=N)N)cc2)cc1.N=C(N)c1ccc(/C=C/c2ccc(C(=N)N)cc2O)cc1. The number of phenols is 1. The van der Waals surface area contributed by atoms with Gasteiger partial charge in [0, 0.05) is 55.5 Å². The van der Waals surface area contributed by atoms with Crippen LogP contribution in [0.15, 0.2) is 140 Å². The Morgan fingerprint density at radius 3 is 1.11 bits per heavy atom. The zero-order chi connectivity index (χ0) is 44.9. The molecule has 0 unspecified atom stereocenters. The van der Waals surface area contributed by atoms with E-state index in [1.54, 1.807) is 30.3 Å². The van der Waals surface area contributed by atoms with E-state index in [0.29, 0.717) is 38.9 Å². The lowest BCUT2D eigenvalue weighted by molar-refractivity contribution is 0.474. The first-order valence-electron chi connectivity index (χ1n) is 18.9. The number of phenolic OH excluding ortho intramolecular Hbond substituents is 1. The van der Waals surface area contributed by atoms with Crippen molar-refractivity contribution < 1.29 is 5.11 Å². The predicted molar refractivity (Wildman–Crippen MR) is 255 cm³/mol. The summed E-state index contributed by atoms with van der Waals surface area (Å²) >= 11 is 0. The van der Waals surface area contributed by atoms with Crippen LogP contribution < -0.4 is 34.4 Å². The fourth-order valence-corrected chi connectivity index (χ4v) is 5.83. The summed E-state index contributed by atoms with van der Waals surface area (Å²) in [5.74, 6) is 0.270. The van der Waals surface area contributed by atoms with E-state index in [4.69, 9.17) is 66.9 Å². The molecule has 0 radical (unpaired) electrons. The average Bonchev–Trinajstić information content (AvgIpc) is 3.70. The summed E-state index contributed by atoms with van der Waals surface area (Å²) in [6.07, 6.45) is 7.56. The number of hydrogen-bond acceptors (Lipinski definition) is 7. The van der Waals surface area contributed by atoms with Gasteiger partial charge in [-0.05, 0) is 40.5 Å². The van der Waals surface area contributed by atoms with E-state index in [-0.39, 0.29) is 40.8 Å². The molecule has 20 N–H and O–H groups in total. The van der Waals surface area contributed by atoms with Crippen molar-refractivity contribution in [3.05, 3.63) is 195 Å². The van der Waals surface area contributed by atoms with Gasteiger partial charge < -0.3 is 44.5 Å². The zero-order valence-electron chi connectivity index (χ0n) is 33.5. The Morgan fingerprint density at radius 1 is 0.387 bits per heavy atom. The summed E-state index contributed by atoms with van der Waals surface area (Å²) in [4.78, 5) is 3.32. The van der Waals surface area contributed by atoms with Gasteiger partial charge in [0.1, 0.15) is 40.8 Å². The molecule has 0 spiro atoms. The number of fused-ring (bicyclic) bond motifs is 1. The third-order valence-corrected chi connectivity index (χ3v) is 9.37. The van der Waals surface area contributed by atoms with Gasteiger partial charge >= 0.3 is 0 Å². The number of amidine groups is 6. The largest absolute Gasteiger partial charge is 0.507 e. The molecule has 7 aromatic rings. The predicted octanol–water partition coefficient (Wildman–Crippen LogP) is 6.96. The second kappa shape index (κ2) is 20.1. The molecule has 0 saturated heterocycles. The van der Waals surface area contributed by atoms with E-state index < -0.39 is 0 Å². The van der Waals surface area contributed by atoms with Crippen LogP contribution in [0.1, 0.15) is 55.6 Å². The molecule has 0 aliphatic heterocycles. The highest BCUT2D eigenvalue weighted by Crippen LogP contribution is 2.25. The molecule has 0 bridgehead atoms. The van der Waals surface area contributed by atoms with Crippen LogP contribution in [-0.4, -0.2) is 45.1 Å². The number of aromatic amines is 1.